The van der Waals surface area contributed by atoms with Crippen molar-refractivity contribution in [3.8, 4) is 0 Å². The first-order valence-corrected chi connectivity index (χ1v) is 10.9. The van der Waals surface area contributed by atoms with E-state index in [0.717, 1.165) is 18.4 Å². The van der Waals surface area contributed by atoms with Gasteiger partial charge in [0.25, 0.3) is 15.9 Å². The molecule has 1 aliphatic heterocycles. The minimum Gasteiger partial charge on any atom is -0.350 e. The second-order valence-electron chi connectivity index (χ2n) is 6.79. The molecular weight excluding hydrogens is 384 g/mol. The first-order valence-electron chi connectivity index (χ1n) is 9.05. The molecule has 3 rings (SSSR count). The van der Waals surface area contributed by atoms with E-state index in [1.807, 2.05) is 6.92 Å². The number of hydrogen-bond acceptors (Lipinski definition) is 3. The average Bonchev–Trinajstić information content (AvgIpc) is 3.06. The van der Waals surface area contributed by atoms with Crippen molar-refractivity contribution in [3.63, 3.8) is 0 Å². The highest BCUT2D eigenvalue weighted by atomic mass is 35.5. The number of fused-ring (bicyclic) bond motifs is 1. The van der Waals surface area contributed by atoms with Gasteiger partial charge in [-0.1, -0.05) is 24.9 Å². The van der Waals surface area contributed by atoms with Gasteiger partial charge in [-0.2, -0.15) is 0 Å². The number of halogens is 1. The molecule has 1 N–H and O–H groups in total. The van der Waals surface area contributed by atoms with E-state index < -0.39 is 10.0 Å². The van der Waals surface area contributed by atoms with E-state index in [0.29, 0.717) is 29.2 Å². The molecule has 0 spiro atoms. The quantitative estimate of drug-likeness (QED) is 0.788. The summed E-state index contributed by atoms with van der Waals surface area (Å²) in [6, 6.07) is 11.4. The zero-order valence-electron chi connectivity index (χ0n) is 15.4. The van der Waals surface area contributed by atoms with Gasteiger partial charge in [-0.05, 0) is 67.8 Å². The van der Waals surface area contributed by atoms with Crippen LogP contribution in [0.4, 0.5) is 5.69 Å². The summed E-state index contributed by atoms with van der Waals surface area (Å²) in [4.78, 5) is 12.6. The molecule has 1 heterocycles. The Bertz CT molecular complexity index is 942. The lowest BCUT2D eigenvalue weighted by molar-refractivity contribution is 0.0938. The Morgan fingerprint density at radius 1 is 1.22 bits per heavy atom. The third kappa shape index (κ3) is 4.12. The molecule has 0 bridgehead atoms. The van der Waals surface area contributed by atoms with Crippen LogP contribution in [0, 0.1) is 0 Å². The van der Waals surface area contributed by atoms with Crippen LogP contribution in [0.15, 0.2) is 47.4 Å². The maximum atomic E-state index is 12.9. The lowest BCUT2D eigenvalue weighted by Crippen LogP contribution is -2.32. The summed E-state index contributed by atoms with van der Waals surface area (Å²) < 4.78 is 27.3. The SMILES string of the molecule is CCC[C@@H](C)NC(=O)c1ccc2c(c1)CCN2S(=O)(=O)c1ccc(Cl)cc1. The van der Waals surface area contributed by atoms with Crippen molar-refractivity contribution >= 4 is 33.2 Å². The molecule has 0 unspecified atom stereocenters. The van der Waals surface area contributed by atoms with E-state index in [9.17, 15) is 13.2 Å². The molecule has 1 aliphatic rings. The lowest BCUT2D eigenvalue weighted by atomic mass is 10.1. The van der Waals surface area contributed by atoms with Crippen molar-refractivity contribution in [2.45, 2.75) is 44.0 Å². The Morgan fingerprint density at radius 3 is 2.59 bits per heavy atom. The molecule has 0 aromatic heterocycles. The van der Waals surface area contributed by atoms with Gasteiger partial charge >= 0.3 is 0 Å². The van der Waals surface area contributed by atoms with Crippen LogP contribution in [0.1, 0.15) is 42.6 Å². The summed E-state index contributed by atoms with van der Waals surface area (Å²) in [6.07, 6.45) is 2.50. The van der Waals surface area contributed by atoms with Crippen molar-refractivity contribution in [2.24, 2.45) is 0 Å². The molecule has 2 aromatic rings. The van der Waals surface area contributed by atoms with E-state index in [-0.39, 0.29) is 16.8 Å². The smallest absolute Gasteiger partial charge is 0.264 e. The first kappa shape index (κ1) is 19.7. The summed E-state index contributed by atoms with van der Waals surface area (Å²) in [7, 11) is -3.65. The highest BCUT2D eigenvalue weighted by Gasteiger charge is 2.31. The average molecular weight is 407 g/mol. The van der Waals surface area contributed by atoms with Gasteiger partial charge in [-0.25, -0.2) is 8.42 Å². The van der Waals surface area contributed by atoms with E-state index in [2.05, 4.69) is 12.2 Å². The van der Waals surface area contributed by atoms with Gasteiger partial charge in [0.2, 0.25) is 0 Å². The van der Waals surface area contributed by atoms with E-state index in [1.165, 1.54) is 16.4 Å². The summed E-state index contributed by atoms with van der Waals surface area (Å²) in [6.45, 7) is 4.42. The molecular formula is C20H23ClN2O3S. The van der Waals surface area contributed by atoms with Crippen LogP contribution in [0.5, 0.6) is 0 Å². The van der Waals surface area contributed by atoms with Gasteiger partial charge in [0.1, 0.15) is 0 Å². The van der Waals surface area contributed by atoms with Gasteiger partial charge in [-0.3, -0.25) is 9.10 Å². The molecule has 1 atom stereocenters. The van der Waals surface area contributed by atoms with Crippen LogP contribution in [0.25, 0.3) is 0 Å². The van der Waals surface area contributed by atoms with Crippen LogP contribution < -0.4 is 9.62 Å². The topological polar surface area (TPSA) is 66.5 Å². The number of nitrogens with zero attached hydrogens (tertiary/aromatic N) is 1. The summed E-state index contributed by atoms with van der Waals surface area (Å²) in [5.74, 6) is -0.127. The van der Waals surface area contributed by atoms with Gasteiger partial charge in [0.05, 0.1) is 10.6 Å². The van der Waals surface area contributed by atoms with Gasteiger partial charge < -0.3 is 5.32 Å². The Morgan fingerprint density at radius 2 is 1.93 bits per heavy atom. The normalized spacial score (nSPS) is 14.7. The van der Waals surface area contributed by atoms with Crippen LogP contribution in [0.2, 0.25) is 5.02 Å². The molecule has 7 heteroatoms. The first-order chi connectivity index (χ1) is 12.8. The Kier molecular flexibility index (Phi) is 5.77. The van der Waals surface area contributed by atoms with E-state index >= 15 is 0 Å². The Labute approximate surface area is 165 Å². The van der Waals surface area contributed by atoms with Crippen molar-refractivity contribution in [3.05, 3.63) is 58.6 Å². The molecule has 27 heavy (non-hydrogen) atoms. The van der Waals surface area contributed by atoms with Crippen molar-refractivity contribution in [1.82, 2.24) is 5.32 Å². The third-order valence-electron chi connectivity index (χ3n) is 4.70. The van der Waals surface area contributed by atoms with Gasteiger partial charge in [0.15, 0.2) is 0 Å². The largest absolute Gasteiger partial charge is 0.350 e. The maximum absolute atomic E-state index is 12.9. The number of hydrogen-bond donors (Lipinski definition) is 1. The summed E-state index contributed by atoms with van der Waals surface area (Å²) in [5, 5.41) is 3.47. The molecule has 2 aromatic carbocycles. The zero-order valence-corrected chi connectivity index (χ0v) is 17.0. The van der Waals surface area contributed by atoms with Gasteiger partial charge in [0, 0.05) is 23.2 Å². The van der Waals surface area contributed by atoms with E-state index in [4.69, 9.17) is 11.6 Å². The predicted molar refractivity (Wildman–Crippen MR) is 108 cm³/mol. The lowest BCUT2D eigenvalue weighted by Gasteiger charge is -2.20. The molecule has 1 amide bonds. The number of amides is 1. The number of sulfonamides is 1. The number of nitrogens with one attached hydrogen (secondary N) is 1. The standard InChI is InChI=1S/C20H23ClN2O3S/c1-3-4-14(2)22-20(24)16-5-10-19-15(13-16)11-12-23(19)27(25,26)18-8-6-17(21)7-9-18/h5-10,13-14H,3-4,11-12H2,1-2H3,(H,22,24)/t14-/m1/s1. The highest BCUT2D eigenvalue weighted by molar-refractivity contribution is 7.92. The van der Waals surface area contributed by atoms with Crippen LogP contribution in [0.3, 0.4) is 0 Å². The number of rotatable bonds is 6. The second kappa shape index (κ2) is 7.90. The number of benzene rings is 2. The fourth-order valence-corrected chi connectivity index (χ4v) is 4.94. The Hall–Kier alpha value is -2.05. The maximum Gasteiger partial charge on any atom is 0.264 e. The minimum absolute atomic E-state index is 0.109. The van der Waals surface area contributed by atoms with Gasteiger partial charge in [-0.15, -0.1) is 0 Å². The molecule has 0 saturated heterocycles. The van der Waals surface area contributed by atoms with Crippen LogP contribution in [-0.2, 0) is 16.4 Å². The molecule has 0 aliphatic carbocycles. The highest BCUT2D eigenvalue weighted by Crippen LogP contribution is 2.33. The fraction of sp³-hybridized carbons (Fsp3) is 0.350. The molecule has 0 radical (unpaired) electrons. The summed E-state index contributed by atoms with van der Waals surface area (Å²) in [5.41, 5.74) is 2.05. The van der Waals surface area contributed by atoms with Crippen molar-refractivity contribution in [2.75, 3.05) is 10.8 Å². The molecule has 0 saturated carbocycles. The zero-order chi connectivity index (χ0) is 19.6. The number of carbonyl (C=O) groups excluding carboxylic acids is 1. The number of anilines is 1. The predicted octanol–water partition coefficient (Wildman–Crippen LogP) is 4.01. The van der Waals surface area contributed by atoms with Crippen LogP contribution in [-0.4, -0.2) is 26.9 Å². The van der Waals surface area contributed by atoms with Crippen molar-refractivity contribution < 1.29 is 13.2 Å². The molecule has 0 fully saturated rings. The molecule has 5 nitrogen and oxygen atoms in total. The minimum atomic E-state index is -3.65. The monoisotopic (exact) mass is 406 g/mol. The Balaban J connectivity index is 1.84. The van der Waals surface area contributed by atoms with E-state index in [1.54, 1.807) is 30.3 Å². The second-order valence-corrected chi connectivity index (χ2v) is 9.09. The summed E-state index contributed by atoms with van der Waals surface area (Å²) >= 11 is 5.86. The van der Waals surface area contributed by atoms with Crippen molar-refractivity contribution in [1.29, 1.82) is 0 Å². The van der Waals surface area contributed by atoms with Crippen LogP contribution >= 0.6 is 11.6 Å². The molecule has 144 valence electrons. The number of carbonyl (C=O) groups is 1. The third-order valence-corrected chi connectivity index (χ3v) is 6.77. The fourth-order valence-electron chi connectivity index (χ4n) is 3.31.